The van der Waals surface area contributed by atoms with Gasteiger partial charge in [0.1, 0.15) is 23.3 Å². The van der Waals surface area contributed by atoms with Crippen molar-refractivity contribution in [1.29, 1.82) is 0 Å². The van der Waals surface area contributed by atoms with E-state index in [-0.39, 0.29) is 5.82 Å². The second-order valence-corrected chi connectivity index (χ2v) is 4.20. The summed E-state index contributed by atoms with van der Waals surface area (Å²) < 4.78 is 20.7. The number of benzene rings is 1. The first-order chi connectivity index (χ1) is 9.15. The molecule has 0 atom stereocenters. The molecule has 0 amide bonds. The van der Waals surface area contributed by atoms with E-state index in [1.54, 1.807) is 37.0 Å². The molecule has 0 saturated heterocycles. The molecule has 0 saturated carbocycles. The predicted molar refractivity (Wildman–Crippen MR) is 67.5 cm³/mol. The van der Waals surface area contributed by atoms with Gasteiger partial charge >= 0.3 is 0 Å². The van der Waals surface area contributed by atoms with E-state index in [0.717, 1.165) is 0 Å². The molecule has 2 aromatic heterocycles. The Kier molecular flexibility index (Phi) is 2.63. The Morgan fingerprint density at radius 3 is 2.89 bits per heavy atom. The molecule has 19 heavy (non-hydrogen) atoms. The molecule has 0 spiro atoms. The Bertz CT molecular complexity index is 753. The van der Waals surface area contributed by atoms with E-state index in [4.69, 9.17) is 4.74 Å². The monoisotopic (exact) mass is 258 g/mol. The van der Waals surface area contributed by atoms with Crippen LogP contribution in [0.5, 0.6) is 11.6 Å². The van der Waals surface area contributed by atoms with Gasteiger partial charge in [-0.05, 0) is 18.6 Å². The van der Waals surface area contributed by atoms with Crippen molar-refractivity contribution in [2.45, 2.75) is 6.92 Å². The molecule has 2 heterocycles. The fraction of sp³-hybridized carbons (Fsp3) is 0.154. The number of rotatable bonds is 2. The maximum atomic E-state index is 13.5. The molecule has 0 fully saturated rings. The highest BCUT2D eigenvalue weighted by Crippen LogP contribution is 2.26. The minimum atomic E-state index is -0.311. The van der Waals surface area contributed by atoms with Crippen LogP contribution in [0.4, 0.5) is 4.39 Å². The quantitative estimate of drug-likeness (QED) is 0.709. The van der Waals surface area contributed by atoms with Gasteiger partial charge in [0.15, 0.2) is 5.65 Å². The molecule has 3 rings (SSSR count). The maximum absolute atomic E-state index is 13.5. The minimum Gasteiger partial charge on any atom is -0.438 e. The molecule has 0 aliphatic heterocycles. The molecule has 1 aromatic carbocycles. The van der Waals surface area contributed by atoms with E-state index < -0.39 is 0 Å². The van der Waals surface area contributed by atoms with E-state index >= 15 is 0 Å². The summed E-state index contributed by atoms with van der Waals surface area (Å²) >= 11 is 0. The van der Waals surface area contributed by atoms with Gasteiger partial charge in [0.2, 0.25) is 5.88 Å². The zero-order valence-corrected chi connectivity index (χ0v) is 10.5. The maximum Gasteiger partial charge on any atom is 0.233 e. The second-order valence-electron chi connectivity index (χ2n) is 4.20. The Morgan fingerprint density at radius 1 is 1.26 bits per heavy atom. The molecule has 0 unspecified atom stereocenters. The van der Waals surface area contributed by atoms with Crippen molar-refractivity contribution in [1.82, 2.24) is 19.7 Å². The third-order valence-corrected chi connectivity index (χ3v) is 2.85. The fourth-order valence-corrected chi connectivity index (χ4v) is 1.77. The number of aromatic nitrogens is 4. The first-order valence-electron chi connectivity index (χ1n) is 5.72. The average molecular weight is 258 g/mol. The van der Waals surface area contributed by atoms with Crippen molar-refractivity contribution >= 4 is 11.0 Å². The van der Waals surface area contributed by atoms with Gasteiger partial charge < -0.3 is 4.74 Å². The van der Waals surface area contributed by atoms with Crippen LogP contribution in [-0.4, -0.2) is 19.7 Å². The lowest BCUT2D eigenvalue weighted by molar-refractivity contribution is 0.462. The summed E-state index contributed by atoms with van der Waals surface area (Å²) in [5.74, 6) is 0.447. The topological polar surface area (TPSA) is 52.8 Å². The SMILES string of the molecule is Cc1ccc(Oc2ncnc3c2cnn3C)cc1F. The van der Waals surface area contributed by atoms with E-state index in [2.05, 4.69) is 15.1 Å². The summed E-state index contributed by atoms with van der Waals surface area (Å²) in [5, 5.41) is 4.78. The van der Waals surface area contributed by atoms with Crippen LogP contribution in [0.2, 0.25) is 0 Å². The molecular formula is C13H11FN4O. The first-order valence-corrected chi connectivity index (χ1v) is 5.72. The number of hydrogen-bond acceptors (Lipinski definition) is 4. The number of ether oxygens (including phenoxy) is 1. The summed E-state index contributed by atoms with van der Waals surface area (Å²) in [6.45, 7) is 1.70. The molecule has 0 aliphatic carbocycles. The van der Waals surface area contributed by atoms with Crippen LogP contribution >= 0.6 is 0 Å². The fourth-order valence-electron chi connectivity index (χ4n) is 1.77. The van der Waals surface area contributed by atoms with Crippen molar-refractivity contribution in [2.24, 2.45) is 7.05 Å². The van der Waals surface area contributed by atoms with E-state index in [9.17, 15) is 4.39 Å². The molecule has 0 radical (unpaired) electrons. The van der Waals surface area contributed by atoms with Gasteiger partial charge in [0, 0.05) is 13.1 Å². The van der Waals surface area contributed by atoms with Gasteiger partial charge in [0.05, 0.1) is 6.20 Å². The lowest BCUT2D eigenvalue weighted by Gasteiger charge is -2.06. The number of halogens is 1. The molecule has 6 heteroatoms. The van der Waals surface area contributed by atoms with Crippen molar-refractivity contribution in [3.63, 3.8) is 0 Å². The highest BCUT2D eigenvalue weighted by Gasteiger charge is 2.10. The van der Waals surface area contributed by atoms with Crippen LogP contribution < -0.4 is 4.74 Å². The van der Waals surface area contributed by atoms with Crippen LogP contribution in [0.15, 0.2) is 30.7 Å². The zero-order chi connectivity index (χ0) is 13.4. The molecule has 96 valence electrons. The Balaban J connectivity index is 2.03. The average Bonchev–Trinajstić information content (AvgIpc) is 2.77. The number of fused-ring (bicyclic) bond motifs is 1. The summed E-state index contributed by atoms with van der Waals surface area (Å²) in [5.41, 5.74) is 1.24. The number of hydrogen-bond donors (Lipinski definition) is 0. The van der Waals surface area contributed by atoms with Gasteiger partial charge in [-0.15, -0.1) is 0 Å². The van der Waals surface area contributed by atoms with Crippen molar-refractivity contribution < 1.29 is 9.13 Å². The molecule has 0 aliphatic rings. The van der Waals surface area contributed by atoms with Crippen LogP contribution in [0.25, 0.3) is 11.0 Å². The first kappa shape index (κ1) is 11.6. The van der Waals surface area contributed by atoms with Crippen LogP contribution in [0.3, 0.4) is 0 Å². The van der Waals surface area contributed by atoms with Gasteiger partial charge in [0.25, 0.3) is 0 Å². The van der Waals surface area contributed by atoms with Crippen molar-refractivity contribution in [3.8, 4) is 11.6 Å². The third kappa shape index (κ3) is 2.01. The summed E-state index contributed by atoms with van der Waals surface area (Å²) in [6, 6.07) is 4.69. The summed E-state index contributed by atoms with van der Waals surface area (Å²) in [7, 11) is 1.78. The van der Waals surface area contributed by atoms with Gasteiger partial charge in [-0.25, -0.2) is 14.4 Å². The van der Waals surface area contributed by atoms with Crippen LogP contribution in [-0.2, 0) is 7.05 Å². The lowest BCUT2D eigenvalue weighted by Crippen LogP contribution is -1.94. The molecule has 0 N–H and O–H groups in total. The normalized spacial score (nSPS) is 10.9. The molecule has 0 bridgehead atoms. The van der Waals surface area contributed by atoms with Crippen molar-refractivity contribution in [3.05, 3.63) is 42.1 Å². The molecule has 5 nitrogen and oxygen atoms in total. The van der Waals surface area contributed by atoms with Gasteiger partial charge in [-0.3, -0.25) is 4.68 Å². The number of nitrogens with zero attached hydrogens (tertiary/aromatic N) is 4. The van der Waals surface area contributed by atoms with Gasteiger partial charge in [-0.2, -0.15) is 5.10 Å². The smallest absolute Gasteiger partial charge is 0.233 e. The zero-order valence-electron chi connectivity index (χ0n) is 10.5. The Labute approximate surface area is 108 Å². The summed E-state index contributed by atoms with van der Waals surface area (Å²) in [4.78, 5) is 8.17. The predicted octanol–water partition coefficient (Wildman–Crippen LogP) is 2.60. The Hall–Kier alpha value is -2.50. The third-order valence-electron chi connectivity index (χ3n) is 2.85. The Morgan fingerprint density at radius 2 is 2.11 bits per heavy atom. The lowest BCUT2D eigenvalue weighted by atomic mass is 10.2. The van der Waals surface area contributed by atoms with E-state index in [0.29, 0.717) is 28.2 Å². The second kappa shape index (κ2) is 4.31. The molecule has 3 aromatic rings. The van der Waals surface area contributed by atoms with Gasteiger partial charge in [-0.1, -0.05) is 6.07 Å². The van der Waals surface area contributed by atoms with E-state index in [1.165, 1.54) is 12.4 Å². The highest BCUT2D eigenvalue weighted by atomic mass is 19.1. The number of aryl methyl sites for hydroxylation is 2. The van der Waals surface area contributed by atoms with Crippen molar-refractivity contribution in [2.75, 3.05) is 0 Å². The van der Waals surface area contributed by atoms with Crippen LogP contribution in [0.1, 0.15) is 5.56 Å². The van der Waals surface area contributed by atoms with E-state index in [1.807, 2.05) is 0 Å². The molecular weight excluding hydrogens is 247 g/mol. The minimum absolute atomic E-state index is 0.311. The largest absolute Gasteiger partial charge is 0.438 e. The summed E-state index contributed by atoms with van der Waals surface area (Å²) in [6.07, 6.45) is 3.01. The highest BCUT2D eigenvalue weighted by molar-refractivity contribution is 5.79. The standard InChI is InChI=1S/C13H11FN4O/c1-8-3-4-9(5-11(8)14)19-13-10-6-17-18(2)12(10)15-7-16-13/h3-7H,1-2H3. The van der Waals surface area contributed by atoms with Crippen LogP contribution in [0, 0.1) is 12.7 Å².